The normalized spacial score (nSPS) is 11.6. The molecule has 0 heterocycles. The first kappa shape index (κ1) is 101. The highest BCUT2D eigenvalue weighted by Crippen LogP contribution is 2.33. The van der Waals surface area contributed by atoms with Gasteiger partial charge in [-0.15, -0.1) is 0 Å². The summed E-state index contributed by atoms with van der Waals surface area (Å²) in [5.41, 5.74) is 0. The lowest BCUT2D eigenvalue weighted by molar-refractivity contribution is -0.890. The summed E-state index contributed by atoms with van der Waals surface area (Å²) in [6.45, 7) is 14.8. The van der Waals surface area contributed by atoms with Gasteiger partial charge < -0.3 is 27.5 Å². The maximum Gasteiger partial charge on any atom is 0.210 e. The van der Waals surface area contributed by atoms with Crippen molar-refractivity contribution >= 4 is 18.7 Å². The lowest BCUT2D eigenvalue weighted by Crippen LogP contribution is -2.41. The van der Waals surface area contributed by atoms with E-state index in [1.165, 1.54) is 470 Å². The molecule has 0 unspecified atom stereocenters. The third-order valence-corrected chi connectivity index (χ3v) is 22.9. The number of rotatable bonds is 73. The molecule has 3 aromatic carbocycles. The third kappa shape index (κ3) is 77.6. The van der Waals surface area contributed by atoms with E-state index in [9.17, 15) is 17.9 Å². The average molecular weight is 1490 g/mol. The zero-order chi connectivity index (χ0) is 75.9. The van der Waals surface area contributed by atoms with E-state index in [4.69, 9.17) is 9.05 Å². The van der Waals surface area contributed by atoms with Crippen molar-refractivity contribution in [1.29, 1.82) is 0 Å². The van der Waals surface area contributed by atoms with Crippen LogP contribution in [0, 0.1) is 0 Å². The Morgan fingerprint density at radius 1 is 0.250 bits per heavy atom. The number of para-hydroxylation sites is 2. The number of benzene rings is 3. The molecule has 10 heteroatoms. The molecular formula is C94H175N2O6PS. The van der Waals surface area contributed by atoms with Crippen molar-refractivity contribution in [1.82, 2.24) is 0 Å². The quantitative estimate of drug-likeness (QED) is 0.0242. The zero-order valence-corrected chi connectivity index (χ0v) is 72.2. The monoisotopic (exact) mass is 1490 g/mol. The number of unbranched alkanes of at least 4 members (excludes halogenated alkanes) is 60. The first-order valence-corrected chi connectivity index (χ1v) is 47.8. The van der Waals surface area contributed by atoms with Gasteiger partial charge in [0.1, 0.15) is 21.6 Å². The van der Waals surface area contributed by atoms with Crippen LogP contribution in [0.1, 0.15) is 439 Å². The van der Waals surface area contributed by atoms with Crippen LogP contribution in [0.5, 0.6) is 11.5 Å². The van der Waals surface area contributed by atoms with Gasteiger partial charge in [-0.25, -0.2) is 8.42 Å². The van der Waals surface area contributed by atoms with Gasteiger partial charge in [0.2, 0.25) is 8.60 Å². The molecule has 0 aliphatic carbocycles. The SMILES string of the molecule is CCCCCCCCCCCCCCCCCC[N+](C)(C)CCCCCCCCCCCCCCCCCC.CCCCCCCCCCCCCCCCCC[N+](C)(C)CCCCCCCCCCCCCCCCCC.O=S(=O)([O-])c1ccccc1.[O-]P(Oc1ccccc1)Oc1ccccc1. The first-order valence-electron chi connectivity index (χ1n) is 45.3. The molecule has 608 valence electrons. The fourth-order valence-electron chi connectivity index (χ4n) is 14.3. The van der Waals surface area contributed by atoms with Crippen LogP contribution >= 0.6 is 8.60 Å². The van der Waals surface area contributed by atoms with Crippen molar-refractivity contribution in [3.05, 3.63) is 91.0 Å². The number of nitrogens with zero attached hydrogens (tertiary/aromatic N) is 2. The minimum absolute atomic E-state index is 0.185. The van der Waals surface area contributed by atoms with Crippen molar-refractivity contribution in [2.75, 3.05) is 54.4 Å². The summed E-state index contributed by atoms with van der Waals surface area (Å²) in [4.78, 5) is 11.3. The number of quaternary nitrogens is 2. The number of hydrogen-bond acceptors (Lipinski definition) is 6. The van der Waals surface area contributed by atoms with Gasteiger partial charge in [0, 0.05) is 0 Å². The van der Waals surface area contributed by atoms with Gasteiger partial charge in [0.15, 0.2) is 0 Å². The van der Waals surface area contributed by atoms with E-state index >= 15 is 0 Å². The standard InChI is InChI=1S/2C38H80N.C12H10O3P.C6H6O3S/c2*1-5-7-9-11-13-15-17-19-21-23-25-27-29-31-33-35-37-39(3,4)38-36-34-32-30-28-26-24-22-20-18-16-14-12-10-8-6-2;13-16(14-11-7-3-1-4-8-11)15-12-9-5-2-6-10-12;7-10(8,9)6-4-2-1-3-5-6/h2*5-38H2,1-4H3;1-10H;1-5H,(H,7,8,9)/q2*+1;-1;/p-1. The molecule has 0 N–H and O–H groups in total. The highest BCUT2D eigenvalue weighted by atomic mass is 32.2. The Labute approximate surface area is 651 Å². The van der Waals surface area contributed by atoms with E-state index in [-0.39, 0.29) is 4.90 Å². The third-order valence-electron chi connectivity index (χ3n) is 21.3. The average Bonchev–Trinajstić information content (AvgIpc) is 0.884. The van der Waals surface area contributed by atoms with Crippen LogP contribution < -0.4 is 13.9 Å². The predicted molar refractivity (Wildman–Crippen MR) is 457 cm³/mol. The van der Waals surface area contributed by atoms with E-state index in [2.05, 4.69) is 55.9 Å². The molecule has 8 nitrogen and oxygen atoms in total. The van der Waals surface area contributed by atoms with E-state index in [1.54, 1.807) is 54.6 Å². The number of hydrogen-bond donors (Lipinski definition) is 0. The van der Waals surface area contributed by atoms with Crippen molar-refractivity contribution in [3.8, 4) is 11.5 Å². The van der Waals surface area contributed by atoms with Crippen LogP contribution in [0.4, 0.5) is 0 Å². The second-order valence-corrected chi connectivity index (χ2v) is 35.0. The lowest BCUT2D eigenvalue weighted by Gasteiger charge is -2.30. The van der Waals surface area contributed by atoms with Crippen LogP contribution in [0.15, 0.2) is 95.9 Å². The maximum absolute atomic E-state index is 11.5. The molecule has 0 aliphatic rings. The van der Waals surface area contributed by atoms with Crippen molar-refractivity contribution < 1.29 is 35.9 Å². The molecule has 3 aromatic rings. The van der Waals surface area contributed by atoms with Crippen LogP contribution in [0.3, 0.4) is 0 Å². The molecule has 0 bridgehead atoms. The largest absolute Gasteiger partial charge is 0.765 e. The molecule has 3 rings (SSSR count). The molecule has 0 saturated carbocycles. The lowest BCUT2D eigenvalue weighted by atomic mass is 10.0. The Bertz CT molecular complexity index is 2020. The molecular weight excluding hydrogens is 1320 g/mol. The molecule has 0 amide bonds. The van der Waals surface area contributed by atoms with Crippen molar-refractivity contribution in [3.63, 3.8) is 0 Å². The Balaban J connectivity index is 0.00000151. The van der Waals surface area contributed by atoms with Crippen LogP contribution in [-0.4, -0.2) is 76.3 Å². The molecule has 0 spiro atoms. The summed E-state index contributed by atoms with van der Waals surface area (Å²) >= 11 is 0. The molecule has 0 radical (unpaired) electrons. The molecule has 0 aromatic heterocycles. The summed E-state index contributed by atoms with van der Waals surface area (Å²) in [6.07, 6.45) is 93.9. The Morgan fingerprint density at radius 2 is 0.394 bits per heavy atom. The highest BCUT2D eigenvalue weighted by molar-refractivity contribution is 7.85. The predicted octanol–water partition coefficient (Wildman–Crippen LogP) is 30.5. The topological polar surface area (TPSA) is 98.7 Å². The summed E-state index contributed by atoms with van der Waals surface area (Å²) in [6, 6.07) is 25.0. The highest BCUT2D eigenvalue weighted by Gasteiger charge is 2.15. The Kier molecular flexibility index (Phi) is 76.7. The van der Waals surface area contributed by atoms with Gasteiger partial charge in [0.25, 0.3) is 0 Å². The smallest absolute Gasteiger partial charge is 0.210 e. The van der Waals surface area contributed by atoms with Gasteiger partial charge in [-0.1, -0.05) is 442 Å². The molecule has 0 aliphatic heterocycles. The maximum atomic E-state index is 11.5. The molecule has 0 fully saturated rings. The van der Waals surface area contributed by atoms with E-state index in [1.807, 2.05) is 12.1 Å². The minimum Gasteiger partial charge on any atom is -0.765 e. The van der Waals surface area contributed by atoms with E-state index in [0.29, 0.717) is 11.5 Å². The second-order valence-electron chi connectivity index (χ2n) is 32.8. The Morgan fingerprint density at radius 3 is 0.538 bits per heavy atom. The second kappa shape index (κ2) is 78.6. The van der Waals surface area contributed by atoms with Crippen molar-refractivity contribution in [2.24, 2.45) is 0 Å². The van der Waals surface area contributed by atoms with Gasteiger partial charge in [0.05, 0.1) is 59.3 Å². The van der Waals surface area contributed by atoms with Gasteiger partial charge in [-0.2, -0.15) is 0 Å². The van der Waals surface area contributed by atoms with Crippen LogP contribution in [0.2, 0.25) is 0 Å². The fraction of sp³-hybridized carbons (Fsp3) is 0.809. The molecule has 0 saturated heterocycles. The van der Waals surface area contributed by atoms with Gasteiger partial charge in [-0.3, -0.25) is 0 Å². The van der Waals surface area contributed by atoms with Gasteiger partial charge in [-0.05, 0) is 87.8 Å². The van der Waals surface area contributed by atoms with E-state index in [0.717, 1.165) is 0 Å². The van der Waals surface area contributed by atoms with Gasteiger partial charge >= 0.3 is 0 Å². The van der Waals surface area contributed by atoms with Crippen LogP contribution in [-0.2, 0) is 10.1 Å². The molecule has 104 heavy (non-hydrogen) atoms. The summed E-state index contributed by atoms with van der Waals surface area (Å²) in [5.74, 6) is 1.05. The summed E-state index contributed by atoms with van der Waals surface area (Å²) < 4.78 is 43.5. The summed E-state index contributed by atoms with van der Waals surface area (Å²) in [7, 11) is 3.44. The summed E-state index contributed by atoms with van der Waals surface area (Å²) in [5, 5.41) is 0. The Hall–Kier alpha value is -2.52. The van der Waals surface area contributed by atoms with Crippen molar-refractivity contribution in [2.45, 2.75) is 444 Å². The van der Waals surface area contributed by atoms with Crippen LogP contribution in [0.25, 0.3) is 0 Å². The van der Waals surface area contributed by atoms with E-state index < -0.39 is 18.7 Å². The first-order chi connectivity index (χ1) is 50.7. The minimum atomic E-state index is -4.25. The molecule has 0 atom stereocenters. The fourth-order valence-corrected chi connectivity index (χ4v) is 15.4. The zero-order valence-electron chi connectivity index (χ0n) is 70.4.